The molecular formula is C32H45ClN4O5. The van der Waals surface area contributed by atoms with Crippen molar-refractivity contribution in [1.82, 2.24) is 20.9 Å². The van der Waals surface area contributed by atoms with Crippen molar-refractivity contribution in [3.63, 3.8) is 0 Å². The molecule has 0 spiro atoms. The van der Waals surface area contributed by atoms with E-state index in [-0.39, 0.29) is 17.7 Å². The van der Waals surface area contributed by atoms with Crippen LogP contribution in [0.2, 0.25) is 5.02 Å². The van der Waals surface area contributed by atoms with E-state index in [0.29, 0.717) is 38.4 Å². The molecule has 0 heterocycles. The van der Waals surface area contributed by atoms with Gasteiger partial charge in [-0.1, -0.05) is 59.6 Å². The highest BCUT2D eigenvalue weighted by molar-refractivity contribution is 6.30. The Bertz CT molecular complexity index is 1140. The minimum atomic E-state index is -1.39. The second-order valence-corrected chi connectivity index (χ2v) is 11.2. The van der Waals surface area contributed by atoms with Crippen LogP contribution in [-0.2, 0) is 14.4 Å². The molecule has 2 aromatic carbocycles. The van der Waals surface area contributed by atoms with Crippen molar-refractivity contribution < 1.29 is 24.2 Å². The summed E-state index contributed by atoms with van der Waals surface area (Å²) in [4.78, 5) is 37.6. The van der Waals surface area contributed by atoms with Crippen molar-refractivity contribution in [3.8, 4) is 5.75 Å². The molecule has 1 aliphatic carbocycles. The van der Waals surface area contributed by atoms with Gasteiger partial charge >= 0.3 is 0 Å². The largest absolute Gasteiger partial charge is 0.492 e. The van der Waals surface area contributed by atoms with Crippen LogP contribution in [0.5, 0.6) is 5.75 Å². The molecule has 2 unspecified atom stereocenters. The van der Waals surface area contributed by atoms with Crippen LogP contribution < -0.4 is 20.7 Å². The Labute approximate surface area is 254 Å². The molecule has 2 aromatic rings. The lowest BCUT2D eigenvalue weighted by Crippen LogP contribution is -2.61. The number of hydrogen-bond donors (Lipinski definition) is 4. The second-order valence-electron chi connectivity index (χ2n) is 10.8. The number of amides is 3. The molecule has 0 radical (unpaired) electrons. The van der Waals surface area contributed by atoms with E-state index < -0.39 is 17.7 Å². The number of aryl methyl sites for hydroxylation is 1. The number of aliphatic hydroxyl groups is 1. The van der Waals surface area contributed by atoms with E-state index in [0.717, 1.165) is 23.4 Å². The molecular weight excluding hydrogens is 556 g/mol. The summed E-state index contributed by atoms with van der Waals surface area (Å²) in [5.74, 6) is 0.312. The lowest BCUT2D eigenvalue weighted by Gasteiger charge is -2.37. The van der Waals surface area contributed by atoms with E-state index in [1.807, 2.05) is 67.6 Å². The highest BCUT2D eigenvalue weighted by Gasteiger charge is 2.44. The fraction of sp³-hybridized carbons (Fsp3) is 0.469. The summed E-state index contributed by atoms with van der Waals surface area (Å²) in [6.45, 7) is 8.54. The van der Waals surface area contributed by atoms with Gasteiger partial charge in [0.15, 0.2) is 0 Å². The van der Waals surface area contributed by atoms with Gasteiger partial charge in [-0.3, -0.25) is 14.4 Å². The van der Waals surface area contributed by atoms with Gasteiger partial charge in [-0.15, -0.1) is 0 Å². The Morgan fingerprint density at radius 2 is 1.83 bits per heavy atom. The van der Waals surface area contributed by atoms with E-state index in [9.17, 15) is 19.5 Å². The summed E-state index contributed by atoms with van der Waals surface area (Å²) in [5.41, 5.74) is 0.744. The number of para-hydroxylation sites is 1. The Hall–Kier alpha value is -3.40. The van der Waals surface area contributed by atoms with Crippen molar-refractivity contribution in [1.29, 1.82) is 0 Å². The zero-order chi connectivity index (χ0) is 31.1. The van der Waals surface area contributed by atoms with Gasteiger partial charge in [0.1, 0.15) is 18.4 Å². The number of benzene rings is 2. The average molecular weight is 601 g/mol. The van der Waals surface area contributed by atoms with E-state index in [1.54, 1.807) is 14.0 Å². The third kappa shape index (κ3) is 11.8. The molecule has 230 valence electrons. The molecule has 42 heavy (non-hydrogen) atoms. The van der Waals surface area contributed by atoms with Crippen LogP contribution in [0.1, 0.15) is 44.7 Å². The minimum Gasteiger partial charge on any atom is -0.492 e. The average Bonchev–Trinajstić information content (AvgIpc) is 3.78. The Kier molecular flexibility index (Phi) is 14.5. The van der Waals surface area contributed by atoms with Crippen LogP contribution in [-0.4, -0.2) is 79.2 Å². The van der Waals surface area contributed by atoms with Gasteiger partial charge in [0.05, 0.1) is 11.6 Å². The van der Waals surface area contributed by atoms with Gasteiger partial charge in [-0.25, -0.2) is 0 Å². The van der Waals surface area contributed by atoms with E-state index >= 15 is 0 Å². The van der Waals surface area contributed by atoms with Gasteiger partial charge in [-0.05, 0) is 64.7 Å². The smallest absolute Gasteiger partial charge is 0.245 e. The Morgan fingerprint density at radius 3 is 2.40 bits per heavy atom. The number of halogens is 1. The highest BCUT2D eigenvalue weighted by Crippen LogP contribution is 2.34. The van der Waals surface area contributed by atoms with Crippen molar-refractivity contribution in [2.45, 2.75) is 58.2 Å². The molecule has 3 rings (SSSR count). The van der Waals surface area contributed by atoms with Crippen LogP contribution in [0, 0.1) is 12.8 Å². The van der Waals surface area contributed by atoms with E-state index in [2.05, 4.69) is 16.0 Å². The summed E-state index contributed by atoms with van der Waals surface area (Å²) in [7, 11) is 1.57. The molecule has 0 aromatic heterocycles. The van der Waals surface area contributed by atoms with E-state index in [1.165, 1.54) is 24.3 Å². The van der Waals surface area contributed by atoms with Crippen molar-refractivity contribution in [3.05, 3.63) is 70.8 Å². The van der Waals surface area contributed by atoms with Crippen molar-refractivity contribution in [2.24, 2.45) is 5.92 Å². The van der Waals surface area contributed by atoms with Crippen LogP contribution >= 0.6 is 11.6 Å². The first kappa shape index (κ1) is 34.8. The van der Waals surface area contributed by atoms with Crippen molar-refractivity contribution in [2.75, 3.05) is 33.3 Å². The van der Waals surface area contributed by atoms with Gasteiger partial charge in [0.2, 0.25) is 18.2 Å². The first-order valence-electron chi connectivity index (χ1n) is 14.3. The number of rotatable bonds is 15. The van der Waals surface area contributed by atoms with Crippen LogP contribution in [0.4, 0.5) is 0 Å². The standard InChI is InChI=1S/C25H38N4O5.C7H7Cl/c1-5-27-23(31)22(25(2,3)33)29(4)24(32)21(19-12-13-19)28-15-16-34-20-11-7-6-9-18(20)10-8-14-26-17-30;1-6-2-4-7(8)5-3-6/h6-11,17,19,21-22,28,33H,5,12-16H2,1-4H3,(H,26,30)(H,27,31);2-5H,1H3/b10-8+;. The molecule has 9 nitrogen and oxygen atoms in total. The summed E-state index contributed by atoms with van der Waals surface area (Å²) in [6.07, 6.45) is 6.24. The lowest BCUT2D eigenvalue weighted by atomic mass is 9.95. The summed E-state index contributed by atoms with van der Waals surface area (Å²) in [5, 5.41) is 19.9. The number of nitrogens with zero attached hydrogens (tertiary/aromatic N) is 1. The first-order valence-corrected chi connectivity index (χ1v) is 14.6. The summed E-state index contributed by atoms with van der Waals surface area (Å²) >= 11 is 5.61. The maximum absolute atomic E-state index is 13.3. The summed E-state index contributed by atoms with van der Waals surface area (Å²) < 4.78 is 5.92. The maximum Gasteiger partial charge on any atom is 0.245 e. The zero-order valence-electron chi connectivity index (χ0n) is 25.2. The zero-order valence-corrected chi connectivity index (χ0v) is 26.0. The molecule has 1 fully saturated rings. The first-order chi connectivity index (χ1) is 20.0. The fourth-order valence-corrected chi connectivity index (χ4v) is 4.56. The van der Waals surface area contributed by atoms with Crippen LogP contribution in [0.25, 0.3) is 6.08 Å². The van der Waals surface area contributed by atoms with Gasteiger partial charge in [0.25, 0.3) is 0 Å². The molecule has 0 bridgehead atoms. The monoisotopic (exact) mass is 600 g/mol. The number of likely N-dealkylation sites (N-methyl/N-ethyl adjacent to an activating group) is 2. The molecule has 0 saturated heterocycles. The van der Waals surface area contributed by atoms with Crippen LogP contribution in [0.15, 0.2) is 54.6 Å². The molecule has 10 heteroatoms. The third-order valence-corrected chi connectivity index (χ3v) is 6.89. The SMILES string of the molecule is CCNC(=O)C(N(C)C(=O)C(NCCOc1ccccc1/C=C/CNC=O)C1CC1)C(C)(C)O.Cc1ccc(Cl)cc1. The Morgan fingerprint density at radius 1 is 1.17 bits per heavy atom. The van der Waals surface area contributed by atoms with Gasteiger partial charge in [0, 0.05) is 37.3 Å². The lowest BCUT2D eigenvalue weighted by molar-refractivity contribution is -0.149. The predicted molar refractivity (Wildman–Crippen MR) is 167 cm³/mol. The second kappa shape index (κ2) is 17.5. The van der Waals surface area contributed by atoms with Gasteiger partial charge < -0.3 is 30.7 Å². The molecule has 2 atom stereocenters. The molecule has 4 N–H and O–H groups in total. The quantitative estimate of drug-likeness (QED) is 0.183. The molecule has 1 saturated carbocycles. The van der Waals surface area contributed by atoms with Crippen molar-refractivity contribution >= 4 is 35.9 Å². The number of carbonyl (C=O) groups excluding carboxylic acids is 3. The number of carbonyl (C=O) groups is 3. The topological polar surface area (TPSA) is 120 Å². The number of nitrogens with one attached hydrogen (secondary N) is 3. The Balaban J connectivity index is 0.000000661. The van der Waals surface area contributed by atoms with Crippen LogP contribution in [0.3, 0.4) is 0 Å². The molecule has 1 aliphatic rings. The highest BCUT2D eigenvalue weighted by atomic mass is 35.5. The normalized spacial score (nSPS) is 14.3. The number of ether oxygens (including phenoxy) is 1. The molecule has 0 aliphatic heterocycles. The number of hydrogen-bond acceptors (Lipinski definition) is 6. The van der Waals surface area contributed by atoms with Gasteiger partial charge in [-0.2, -0.15) is 0 Å². The third-order valence-electron chi connectivity index (χ3n) is 6.63. The fourth-order valence-electron chi connectivity index (χ4n) is 4.43. The maximum atomic E-state index is 13.3. The van der Waals surface area contributed by atoms with E-state index in [4.69, 9.17) is 16.3 Å². The minimum absolute atomic E-state index is 0.201. The predicted octanol–water partition coefficient (Wildman–Crippen LogP) is 3.58. The molecule has 3 amide bonds. The summed E-state index contributed by atoms with van der Waals surface area (Å²) in [6, 6.07) is 13.9.